The summed E-state index contributed by atoms with van der Waals surface area (Å²) in [4.78, 5) is 19.8. The third-order valence-corrected chi connectivity index (χ3v) is 4.21. The number of carbonyl (C=O) groups is 1. The summed E-state index contributed by atoms with van der Waals surface area (Å²) in [5.74, 6) is 1.18. The molecule has 28 heavy (non-hydrogen) atoms. The van der Waals surface area contributed by atoms with Crippen LogP contribution in [0.5, 0.6) is 11.5 Å². The molecule has 138 valence electrons. The van der Waals surface area contributed by atoms with Crippen LogP contribution in [0.3, 0.4) is 0 Å². The van der Waals surface area contributed by atoms with Gasteiger partial charge in [-0.15, -0.1) is 0 Å². The maximum atomic E-state index is 11.2. The van der Waals surface area contributed by atoms with E-state index < -0.39 is 5.97 Å². The Morgan fingerprint density at radius 3 is 2.43 bits per heavy atom. The van der Waals surface area contributed by atoms with Gasteiger partial charge in [0.1, 0.15) is 17.2 Å². The molecule has 0 amide bonds. The van der Waals surface area contributed by atoms with Crippen molar-refractivity contribution in [2.75, 3.05) is 0 Å². The van der Waals surface area contributed by atoms with Crippen LogP contribution in [0.1, 0.15) is 15.9 Å². The Balaban J connectivity index is 1.52. The number of benzene rings is 2. The molecule has 0 spiro atoms. The smallest absolute Gasteiger partial charge is 0.335 e. The lowest BCUT2D eigenvalue weighted by Crippen LogP contribution is -2.03. The Labute approximate surface area is 161 Å². The van der Waals surface area contributed by atoms with Gasteiger partial charge in [-0.1, -0.05) is 30.3 Å². The van der Waals surface area contributed by atoms with E-state index in [1.54, 1.807) is 6.20 Å². The van der Waals surface area contributed by atoms with E-state index in [2.05, 4.69) is 9.97 Å². The molecule has 2 heterocycles. The first-order valence-electron chi connectivity index (χ1n) is 8.72. The lowest BCUT2D eigenvalue weighted by atomic mass is 10.2. The molecule has 2 aromatic heterocycles. The summed E-state index contributed by atoms with van der Waals surface area (Å²) in [6, 6.07) is 20.4. The molecule has 4 aromatic rings. The molecule has 4 rings (SSSR count). The van der Waals surface area contributed by atoms with Gasteiger partial charge in [-0.3, -0.25) is 4.98 Å². The van der Waals surface area contributed by atoms with Gasteiger partial charge in [-0.05, 0) is 42.0 Å². The highest BCUT2D eigenvalue weighted by atomic mass is 16.5. The van der Waals surface area contributed by atoms with Crippen LogP contribution in [0, 0.1) is 0 Å². The lowest BCUT2D eigenvalue weighted by Gasteiger charge is -2.10. The van der Waals surface area contributed by atoms with Crippen molar-refractivity contribution >= 4 is 5.97 Å². The quantitative estimate of drug-likeness (QED) is 0.541. The number of aromatic carboxylic acids is 1. The molecular weight excluding hydrogens is 354 g/mol. The van der Waals surface area contributed by atoms with Crippen molar-refractivity contribution in [2.45, 2.75) is 6.54 Å². The van der Waals surface area contributed by atoms with Crippen LogP contribution in [-0.4, -0.2) is 25.6 Å². The highest BCUT2D eigenvalue weighted by molar-refractivity contribution is 5.88. The van der Waals surface area contributed by atoms with Crippen molar-refractivity contribution in [2.24, 2.45) is 0 Å². The zero-order valence-corrected chi connectivity index (χ0v) is 14.9. The molecule has 0 fully saturated rings. The van der Waals surface area contributed by atoms with Crippen LogP contribution in [-0.2, 0) is 6.54 Å². The fourth-order valence-corrected chi connectivity index (χ4v) is 2.84. The van der Waals surface area contributed by atoms with Gasteiger partial charge in [0.05, 0.1) is 5.56 Å². The first-order valence-corrected chi connectivity index (χ1v) is 8.72. The van der Waals surface area contributed by atoms with E-state index in [9.17, 15) is 9.90 Å². The van der Waals surface area contributed by atoms with E-state index in [0.717, 1.165) is 17.1 Å². The minimum Gasteiger partial charge on any atom is -0.478 e. The number of hydrogen-bond acceptors (Lipinski definition) is 4. The molecule has 6 nitrogen and oxygen atoms in total. The van der Waals surface area contributed by atoms with E-state index >= 15 is 0 Å². The van der Waals surface area contributed by atoms with Gasteiger partial charge in [0.25, 0.3) is 0 Å². The van der Waals surface area contributed by atoms with Crippen LogP contribution in [0.25, 0.3) is 11.5 Å². The van der Waals surface area contributed by atoms with E-state index in [0.29, 0.717) is 18.1 Å². The molecule has 0 aliphatic heterocycles. The summed E-state index contributed by atoms with van der Waals surface area (Å²) in [5, 5.41) is 9.18. The summed E-state index contributed by atoms with van der Waals surface area (Å²) >= 11 is 0. The van der Waals surface area contributed by atoms with Crippen molar-refractivity contribution in [1.29, 1.82) is 0 Å². The summed E-state index contributed by atoms with van der Waals surface area (Å²) in [5.41, 5.74) is 1.77. The number of rotatable bonds is 6. The second kappa shape index (κ2) is 7.75. The predicted molar refractivity (Wildman–Crippen MR) is 104 cm³/mol. The maximum absolute atomic E-state index is 11.2. The van der Waals surface area contributed by atoms with Gasteiger partial charge in [0.15, 0.2) is 5.82 Å². The minimum absolute atomic E-state index is 0.182. The highest BCUT2D eigenvalue weighted by Crippen LogP contribution is 2.22. The second-order valence-corrected chi connectivity index (χ2v) is 6.17. The van der Waals surface area contributed by atoms with Crippen LogP contribution in [0.2, 0.25) is 0 Å². The van der Waals surface area contributed by atoms with Gasteiger partial charge in [0.2, 0.25) is 0 Å². The Hall–Kier alpha value is -3.93. The number of carboxylic acid groups (broad SMARTS) is 1. The summed E-state index contributed by atoms with van der Waals surface area (Å²) in [6.45, 7) is 0.583. The fraction of sp³-hybridized carbons (Fsp3) is 0.0455. The highest BCUT2D eigenvalue weighted by Gasteiger charge is 2.11. The van der Waals surface area contributed by atoms with Crippen LogP contribution in [0.4, 0.5) is 0 Å². The summed E-state index contributed by atoms with van der Waals surface area (Å²) < 4.78 is 7.74. The number of nitrogens with zero attached hydrogens (tertiary/aromatic N) is 3. The molecule has 1 N–H and O–H groups in total. The number of carboxylic acids is 1. The zero-order valence-electron chi connectivity index (χ0n) is 14.9. The molecule has 0 aliphatic rings. The van der Waals surface area contributed by atoms with Gasteiger partial charge in [0, 0.05) is 25.1 Å². The van der Waals surface area contributed by atoms with Gasteiger partial charge in [-0.2, -0.15) is 0 Å². The van der Waals surface area contributed by atoms with Gasteiger partial charge >= 0.3 is 5.97 Å². The topological polar surface area (TPSA) is 77.2 Å². The largest absolute Gasteiger partial charge is 0.478 e. The SMILES string of the molecule is O=C(O)c1ccnc(-c2nccn2Cc2ccc(Oc3ccccc3)cc2)c1. The summed E-state index contributed by atoms with van der Waals surface area (Å²) in [7, 11) is 0. The third kappa shape index (κ3) is 3.91. The summed E-state index contributed by atoms with van der Waals surface area (Å²) in [6.07, 6.45) is 5.00. The van der Waals surface area contributed by atoms with Crippen molar-refractivity contribution < 1.29 is 14.6 Å². The Morgan fingerprint density at radius 1 is 0.929 bits per heavy atom. The Kier molecular flexibility index (Phi) is 4.84. The first kappa shape index (κ1) is 17.5. The Bertz CT molecular complexity index is 1090. The molecule has 2 aromatic carbocycles. The van der Waals surface area contributed by atoms with E-state index in [1.165, 1.54) is 18.3 Å². The molecule has 0 saturated heterocycles. The fourth-order valence-electron chi connectivity index (χ4n) is 2.84. The van der Waals surface area contributed by atoms with Crippen molar-refractivity contribution in [1.82, 2.24) is 14.5 Å². The van der Waals surface area contributed by atoms with Crippen LogP contribution >= 0.6 is 0 Å². The van der Waals surface area contributed by atoms with Crippen LogP contribution in [0.15, 0.2) is 85.3 Å². The number of para-hydroxylation sites is 1. The number of pyridine rings is 1. The van der Waals surface area contributed by atoms with E-state index in [-0.39, 0.29) is 5.56 Å². The molecule has 0 saturated carbocycles. The molecular formula is C22H17N3O3. The predicted octanol–water partition coefficient (Wildman–Crippen LogP) is 4.48. The lowest BCUT2D eigenvalue weighted by molar-refractivity contribution is 0.0697. The van der Waals surface area contributed by atoms with Gasteiger partial charge < -0.3 is 14.4 Å². The van der Waals surface area contributed by atoms with Gasteiger partial charge in [-0.25, -0.2) is 9.78 Å². The van der Waals surface area contributed by atoms with Crippen molar-refractivity contribution in [3.05, 3.63) is 96.4 Å². The third-order valence-electron chi connectivity index (χ3n) is 4.21. The number of aromatic nitrogens is 3. The van der Waals surface area contributed by atoms with Crippen LogP contribution < -0.4 is 4.74 Å². The standard InChI is InChI=1S/C22H17N3O3/c26-22(27)17-10-11-23-20(14-17)21-24-12-13-25(21)15-16-6-8-19(9-7-16)28-18-4-2-1-3-5-18/h1-14H,15H2,(H,26,27). The molecule has 0 aliphatic carbocycles. The first-order chi connectivity index (χ1) is 13.7. The van der Waals surface area contributed by atoms with E-state index in [4.69, 9.17) is 4.74 Å². The average Bonchev–Trinajstić information content (AvgIpc) is 3.18. The minimum atomic E-state index is -0.990. The van der Waals surface area contributed by atoms with Crippen molar-refractivity contribution in [3.63, 3.8) is 0 Å². The molecule has 0 atom stereocenters. The molecule has 6 heteroatoms. The number of imidazole rings is 1. The second-order valence-electron chi connectivity index (χ2n) is 6.17. The average molecular weight is 371 g/mol. The Morgan fingerprint density at radius 2 is 1.68 bits per heavy atom. The monoisotopic (exact) mass is 371 g/mol. The van der Waals surface area contributed by atoms with E-state index in [1.807, 2.05) is 65.4 Å². The normalized spacial score (nSPS) is 10.6. The molecule has 0 bridgehead atoms. The molecule has 0 radical (unpaired) electrons. The maximum Gasteiger partial charge on any atom is 0.335 e. The van der Waals surface area contributed by atoms with Crippen molar-refractivity contribution in [3.8, 4) is 23.0 Å². The molecule has 0 unspecified atom stereocenters. The number of hydrogen-bond donors (Lipinski definition) is 1. The number of ether oxygens (including phenoxy) is 1. The zero-order chi connectivity index (χ0) is 19.3.